The predicted octanol–water partition coefficient (Wildman–Crippen LogP) is 0.131. The number of ether oxygens (including phenoxy) is 1. The highest BCUT2D eigenvalue weighted by molar-refractivity contribution is 6.32. The molecule has 1 heterocycles. The second kappa shape index (κ2) is 5.69. The zero-order valence-corrected chi connectivity index (χ0v) is 9.03. The number of aromatic nitrogens is 2. The van der Waals surface area contributed by atoms with Crippen molar-refractivity contribution in [3.05, 3.63) is 11.5 Å². The number of nitrogens with one attached hydrogen (secondary N) is 1. The summed E-state index contributed by atoms with van der Waals surface area (Å²) in [6.45, 7) is 0.525. The average molecular weight is 233 g/mol. The van der Waals surface area contributed by atoms with Crippen LogP contribution in [0.25, 0.3) is 0 Å². The van der Waals surface area contributed by atoms with Gasteiger partial charge in [0.15, 0.2) is 11.0 Å². The summed E-state index contributed by atoms with van der Waals surface area (Å²) < 4.78 is 4.77. The first-order valence-electron chi connectivity index (χ1n) is 4.32. The lowest BCUT2D eigenvalue weighted by atomic mass is 10.3. The third-order valence-electron chi connectivity index (χ3n) is 1.70. The molecule has 0 aromatic carbocycles. The number of aliphatic hydroxyl groups excluding tert-OH is 1. The average Bonchev–Trinajstić information content (AvgIpc) is 2.21. The molecule has 0 aliphatic rings. The van der Waals surface area contributed by atoms with Gasteiger partial charge in [0.2, 0.25) is 0 Å². The highest BCUT2D eigenvalue weighted by atomic mass is 35.5. The van der Waals surface area contributed by atoms with E-state index < -0.39 is 6.10 Å². The molecule has 15 heavy (non-hydrogen) atoms. The number of hydrogen-bond donors (Lipinski definition) is 3. The van der Waals surface area contributed by atoms with Gasteiger partial charge in [-0.2, -0.15) is 0 Å². The molecular weight excluding hydrogens is 220 g/mol. The molecule has 6 nitrogen and oxygen atoms in total. The van der Waals surface area contributed by atoms with E-state index >= 15 is 0 Å². The minimum atomic E-state index is -0.622. The first-order chi connectivity index (χ1) is 7.15. The summed E-state index contributed by atoms with van der Waals surface area (Å²) in [6.07, 6.45) is 0.673. The summed E-state index contributed by atoms with van der Waals surface area (Å²) in [5.41, 5.74) is 5.88. The van der Waals surface area contributed by atoms with Crippen molar-refractivity contribution in [3.8, 4) is 0 Å². The lowest BCUT2D eigenvalue weighted by Crippen LogP contribution is -2.24. The van der Waals surface area contributed by atoms with E-state index in [-0.39, 0.29) is 24.0 Å². The number of anilines is 2. The molecule has 4 N–H and O–H groups in total. The molecule has 1 atom stereocenters. The van der Waals surface area contributed by atoms with Crippen LogP contribution in [0, 0.1) is 0 Å². The molecule has 1 rings (SSSR count). The summed E-state index contributed by atoms with van der Waals surface area (Å²) >= 11 is 5.69. The molecule has 0 fully saturated rings. The van der Waals surface area contributed by atoms with Gasteiger partial charge in [-0.15, -0.1) is 0 Å². The molecule has 0 amide bonds. The Kier molecular flexibility index (Phi) is 4.54. The first kappa shape index (κ1) is 12.0. The van der Waals surface area contributed by atoms with Crippen LogP contribution in [0.15, 0.2) is 6.33 Å². The minimum absolute atomic E-state index is 0.189. The van der Waals surface area contributed by atoms with E-state index in [4.69, 9.17) is 22.1 Å². The number of nitrogen functional groups attached to an aromatic ring is 1. The van der Waals surface area contributed by atoms with E-state index in [1.54, 1.807) is 0 Å². The standard InChI is InChI=1S/C8H13ClN4O2/c1-15-3-5(14)2-11-8-6(10)7(9)12-4-13-8/h4-5,14H,2-3,10H2,1H3,(H,11,12,13). The molecule has 0 bridgehead atoms. The molecule has 0 saturated heterocycles. The van der Waals surface area contributed by atoms with Crippen molar-refractivity contribution in [2.75, 3.05) is 31.3 Å². The number of rotatable bonds is 5. The van der Waals surface area contributed by atoms with Crippen molar-refractivity contribution in [1.29, 1.82) is 0 Å². The third-order valence-corrected chi connectivity index (χ3v) is 2.00. The Bertz CT molecular complexity index is 324. The fourth-order valence-electron chi connectivity index (χ4n) is 0.981. The van der Waals surface area contributed by atoms with Crippen LogP contribution in [0.3, 0.4) is 0 Å². The maximum Gasteiger partial charge on any atom is 0.157 e. The van der Waals surface area contributed by atoms with Crippen molar-refractivity contribution in [1.82, 2.24) is 9.97 Å². The Balaban J connectivity index is 2.54. The number of aliphatic hydroxyl groups is 1. The van der Waals surface area contributed by atoms with Crippen LogP contribution in [0.2, 0.25) is 5.15 Å². The van der Waals surface area contributed by atoms with Crippen LogP contribution in [0.4, 0.5) is 11.5 Å². The van der Waals surface area contributed by atoms with Crippen molar-refractivity contribution >= 4 is 23.1 Å². The first-order valence-corrected chi connectivity index (χ1v) is 4.69. The molecule has 0 spiro atoms. The number of nitrogens with zero attached hydrogens (tertiary/aromatic N) is 2. The summed E-state index contributed by atoms with van der Waals surface area (Å²) in [6, 6.07) is 0. The second-order valence-electron chi connectivity index (χ2n) is 2.92. The minimum Gasteiger partial charge on any atom is -0.393 e. The maximum atomic E-state index is 9.37. The summed E-state index contributed by atoms with van der Waals surface area (Å²) in [5, 5.41) is 12.4. The van der Waals surface area contributed by atoms with E-state index in [2.05, 4.69) is 15.3 Å². The van der Waals surface area contributed by atoms with Gasteiger partial charge in [-0.3, -0.25) is 0 Å². The van der Waals surface area contributed by atoms with Crippen LogP contribution < -0.4 is 11.1 Å². The highest BCUT2D eigenvalue weighted by Crippen LogP contribution is 2.21. The largest absolute Gasteiger partial charge is 0.393 e. The Morgan fingerprint density at radius 1 is 1.67 bits per heavy atom. The van der Waals surface area contributed by atoms with E-state index in [1.807, 2.05) is 0 Å². The SMILES string of the molecule is COCC(O)CNc1ncnc(Cl)c1N. The Hall–Kier alpha value is -1.11. The summed E-state index contributed by atoms with van der Waals surface area (Å²) in [4.78, 5) is 7.59. The zero-order valence-electron chi connectivity index (χ0n) is 8.27. The summed E-state index contributed by atoms with van der Waals surface area (Å²) in [7, 11) is 1.51. The third kappa shape index (κ3) is 3.50. The lowest BCUT2D eigenvalue weighted by Gasteiger charge is -2.12. The van der Waals surface area contributed by atoms with E-state index in [9.17, 15) is 5.11 Å². The van der Waals surface area contributed by atoms with Gasteiger partial charge in [0.05, 0.1) is 12.7 Å². The Labute approximate surface area is 92.4 Å². The van der Waals surface area contributed by atoms with Crippen LogP contribution in [-0.4, -0.2) is 41.4 Å². The quantitative estimate of drug-likeness (QED) is 0.625. The van der Waals surface area contributed by atoms with Gasteiger partial charge in [-0.1, -0.05) is 11.6 Å². The molecule has 0 aliphatic carbocycles. The number of methoxy groups -OCH3 is 1. The Morgan fingerprint density at radius 3 is 3.07 bits per heavy atom. The molecule has 1 unspecified atom stereocenters. The van der Waals surface area contributed by atoms with Gasteiger partial charge in [0, 0.05) is 13.7 Å². The molecule has 84 valence electrons. The smallest absolute Gasteiger partial charge is 0.157 e. The maximum absolute atomic E-state index is 9.37. The molecule has 0 aliphatic heterocycles. The predicted molar refractivity (Wildman–Crippen MR) is 57.8 cm³/mol. The normalized spacial score (nSPS) is 12.5. The van der Waals surface area contributed by atoms with E-state index in [0.29, 0.717) is 5.82 Å². The van der Waals surface area contributed by atoms with Gasteiger partial charge < -0.3 is 20.9 Å². The molecule has 1 aromatic heterocycles. The van der Waals surface area contributed by atoms with E-state index in [1.165, 1.54) is 13.4 Å². The molecular formula is C8H13ClN4O2. The van der Waals surface area contributed by atoms with Crippen molar-refractivity contribution in [3.63, 3.8) is 0 Å². The van der Waals surface area contributed by atoms with Crippen LogP contribution in [-0.2, 0) is 4.74 Å². The number of halogens is 1. The number of hydrogen-bond acceptors (Lipinski definition) is 6. The topological polar surface area (TPSA) is 93.3 Å². The second-order valence-corrected chi connectivity index (χ2v) is 3.27. The summed E-state index contributed by atoms with van der Waals surface area (Å²) in [5.74, 6) is 0.408. The van der Waals surface area contributed by atoms with Gasteiger partial charge in [0.25, 0.3) is 0 Å². The van der Waals surface area contributed by atoms with Gasteiger partial charge in [-0.05, 0) is 0 Å². The highest BCUT2D eigenvalue weighted by Gasteiger charge is 2.08. The lowest BCUT2D eigenvalue weighted by molar-refractivity contribution is 0.0727. The Morgan fingerprint density at radius 2 is 2.40 bits per heavy atom. The molecule has 1 aromatic rings. The fourth-order valence-corrected chi connectivity index (χ4v) is 1.11. The van der Waals surface area contributed by atoms with Gasteiger partial charge in [-0.25, -0.2) is 9.97 Å². The van der Waals surface area contributed by atoms with Crippen LogP contribution in [0.5, 0.6) is 0 Å². The fraction of sp³-hybridized carbons (Fsp3) is 0.500. The monoisotopic (exact) mass is 232 g/mol. The van der Waals surface area contributed by atoms with Gasteiger partial charge in [0.1, 0.15) is 12.0 Å². The van der Waals surface area contributed by atoms with Crippen LogP contribution in [0.1, 0.15) is 0 Å². The van der Waals surface area contributed by atoms with E-state index in [0.717, 1.165) is 0 Å². The van der Waals surface area contributed by atoms with Crippen molar-refractivity contribution in [2.45, 2.75) is 6.10 Å². The zero-order chi connectivity index (χ0) is 11.3. The number of nitrogens with two attached hydrogens (primary N) is 1. The van der Waals surface area contributed by atoms with Crippen LogP contribution >= 0.6 is 11.6 Å². The molecule has 0 radical (unpaired) electrons. The van der Waals surface area contributed by atoms with Crippen molar-refractivity contribution in [2.24, 2.45) is 0 Å². The van der Waals surface area contributed by atoms with Crippen molar-refractivity contribution < 1.29 is 9.84 Å². The van der Waals surface area contributed by atoms with Gasteiger partial charge >= 0.3 is 0 Å². The molecule has 7 heteroatoms. The molecule has 0 saturated carbocycles.